The first-order valence-electron chi connectivity index (χ1n) is 9.39. The largest absolute Gasteiger partial charge is 0.465 e. The number of benzene rings is 1. The zero-order valence-corrected chi connectivity index (χ0v) is 17.0. The smallest absolute Gasteiger partial charge is 0.340 e. The van der Waals surface area contributed by atoms with Gasteiger partial charge < -0.3 is 14.5 Å². The van der Waals surface area contributed by atoms with Crippen LogP contribution in [-0.2, 0) is 9.53 Å². The molecular weight excluding hydrogens is 352 g/mol. The van der Waals surface area contributed by atoms with Crippen molar-refractivity contribution in [2.75, 3.05) is 32.1 Å². The number of quaternary nitrogens is 1. The number of likely N-dealkylation sites (tertiary alicyclic amines) is 1. The van der Waals surface area contributed by atoms with Gasteiger partial charge in [-0.15, -0.1) is 0 Å². The molecule has 2 rings (SSSR count). The van der Waals surface area contributed by atoms with Gasteiger partial charge in [0.05, 0.1) is 38.0 Å². The van der Waals surface area contributed by atoms with E-state index in [1.54, 1.807) is 6.07 Å². The number of methoxy groups -OCH3 is 1. The first-order valence-corrected chi connectivity index (χ1v) is 9.77. The van der Waals surface area contributed by atoms with Crippen molar-refractivity contribution < 1.29 is 18.8 Å². The number of carbonyl (C=O) groups excluding carboxylic acids is 2. The number of aryl methyl sites for hydroxylation is 1. The highest BCUT2D eigenvalue weighted by atomic mass is 35.5. The van der Waals surface area contributed by atoms with E-state index in [1.165, 1.54) is 26.0 Å². The molecule has 1 aromatic rings. The molecule has 1 saturated heterocycles. The topological polar surface area (TPSA) is 55.4 Å². The van der Waals surface area contributed by atoms with Crippen LogP contribution in [0.5, 0.6) is 0 Å². The molecule has 1 N–H and O–H groups in total. The van der Waals surface area contributed by atoms with Gasteiger partial charge in [0.1, 0.15) is 0 Å². The monoisotopic (exact) mass is 381 g/mol. The fourth-order valence-electron chi connectivity index (χ4n) is 3.95. The molecule has 0 saturated carbocycles. The number of ether oxygens (including phenoxy) is 1. The second-order valence-corrected chi connectivity index (χ2v) is 7.63. The number of halogens is 1. The van der Waals surface area contributed by atoms with Crippen molar-refractivity contribution in [3.63, 3.8) is 0 Å². The fourth-order valence-corrected chi connectivity index (χ4v) is 4.23. The lowest BCUT2D eigenvalue weighted by Crippen LogP contribution is -2.59. The molecule has 144 valence electrons. The summed E-state index contributed by atoms with van der Waals surface area (Å²) >= 11 is 6.08. The molecule has 1 aliphatic heterocycles. The van der Waals surface area contributed by atoms with E-state index in [0.29, 0.717) is 10.7 Å². The summed E-state index contributed by atoms with van der Waals surface area (Å²) in [4.78, 5) is 25.2. The van der Waals surface area contributed by atoms with Crippen molar-refractivity contribution in [1.82, 2.24) is 0 Å². The maximum Gasteiger partial charge on any atom is 0.340 e. The summed E-state index contributed by atoms with van der Waals surface area (Å²) in [6.07, 6.45) is 4.77. The predicted octanol–water partition coefficient (Wildman–Crippen LogP) is 4.17. The number of carbonyl (C=O) groups is 2. The Balaban J connectivity index is 2.30. The Morgan fingerprint density at radius 2 is 1.85 bits per heavy atom. The Morgan fingerprint density at radius 1 is 1.23 bits per heavy atom. The summed E-state index contributed by atoms with van der Waals surface area (Å²) in [6, 6.07) is 3.10. The van der Waals surface area contributed by atoms with Gasteiger partial charge in [0.15, 0.2) is 6.04 Å². The Labute approximate surface area is 161 Å². The zero-order valence-electron chi connectivity index (χ0n) is 16.2. The van der Waals surface area contributed by atoms with Crippen LogP contribution in [0.4, 0.5) is 5.69 Å². The summed E-state index contributed by atoms with van der Waals surface area (Å²) in [6.45, 7) is 8.95. The lowest BCUT2D eigenvalue weighted by atomic mass is 10.1. The number of hydrogen-bond acceptors (Lipinski definition) is 3. The Bertz CT molecular complexity index is 667. The van der Waals surface area contributed by atoms with Crippen LogP contribution in [0.15, 0.2) is 12.1 Å². The minimum atomic E-state index is -0.507. The number of likely N-dealkylation sites (N-methyl/N-ethyl adjacent to an activating group) is 1. The second-order valence-electron chi connectivity index (χ2n) is 7.20. The van der Waals surface area contributed by atoms with E-state index in [0.717, 1.165) is 42.5 Å². The molecule has 0 spiro atoms. The molecule has 1 heterocycles. The fraction of sp³-hybridized carbons (Fsp3) is 0.600. The van der Waals surface area contributed by atoms with E-state index in [4.69, 9.17) is 16.3 Å². The maximum atomic E-state index is 13.1. The number of nitrogens with one attached hydrogen (secondary N) is 1. The summed E-state index contributed by atoms with van der Waals surface area (Å²) in [7, 11) is 1.32. The molecule has 1 aliphatic rings. The van der Waals surface area contributed by atoms with Crippen molar-refractivity contribution in [2.24, 2.45) is 0 Å². The van der Waals surface area contributed by atoms with Crippen LogP contribution in [0.25, 0.3) is 0 Å². The molecule has 0 aliphatic carbocycles. The highest BCUT2D eigenvalue weighted by Crippen LogP contribution is 2.28. The molecule has 1 unspecified atom stereocenters. The third kappa shape index (κ3) is 4.38. The van der Waals surface area contributed by atoms with Gasteiger partial charge in [-0.3, -0.25) is 4.79 Å². The molecule has 5 nitrogen and oxygen atoms in total. The quantitative estimate of drug-likeness (QED) is 0.615. The molecular formula is C20H30ClN2O3+. The maximum absolute atomic E-state index is 13.1. The molecule has 6 heteroatoms. The lowest BCUT2D eigenvalue weighted by molar-refractivity contribution is -0.938. The van der Waals surface area contributed by atoms with Crippen LogP contribution in [0, 0.1) is 6.92 Å². The molecule has 1 amide bonds. The third-order valence-corrected chi connectivity index (χ3v) is 5.96. The van der Waals surface area contributed by atoms with E-state index in [9.17, 15) is 9.59 Å². The number of rotatable bonds is 5. The molecule has 26 heavy (non-hydrogen) atoms. The summed E-state index contributed by atoms with van der Waals surface area (Å²) in [5.41, 5.74) is 1.52. The third-order valence-electron chi connectivity index (χ3n) is 5.74. The van der Waals surface area contributed by atoms with Gasteiger partial charge in [0.25, 0.3) is 5.91 Å². The number of esters is 1. The molecule has 1 aromatic carbocycles. The van der Waals surface area contributed by atoms with E-state index < -0.39 is 5.97 Å². The lowest BCUT2D eigenvalue weighted by Gasteiger charge is -2.41. The average Bonchev–Trinajstić information content (AvgIpc) is 2.88. The minimum Gasteiger partial charge on any atom is -0.465 e. The van der Waals surface area contributed by atoms with Crippen LogP contribution in [0.3, 0.4) is 0 Å². The van der Waals surface area contributed by atoms with E-state index in [-0.39, 0.29) is 17.5 Å². The first kappa shape index (κ1) is 20.7. The van der Waals surface area contributed by atoms with Gasteiger partial charge in [-0.2, -0.15) is 0 Å². The van der Waals surface area contributed by atoms with Crippen LogP contribution < -0.4 is 5.32 Å². The van der Waals surface area contributed by atoms with Crippen molar-refractivity contribution in [3.05, 3.63) is 28.3 Å². The van der Waals surface area contributed by atoms with Crippen molar-refractivity contribution in [1.29, 1.82) is 0 Å². The van der Waals surface area contributed by atoms with Crippen LogP contribution >= 0.6 is 11.6 Å². The molecule has 1 atom stereocenters. The SMILES string of the molecule is CC[N+]1(C(C)C(=O)Nc2c(C)cc(Cl)cc2C(=O)OC)CCCCCC1. The van der Waals surface area contributed by atoms with Gasteiger partial charge in [0, 0.05) is 5.02 Å². The zero-order chi connectivity index (χ0) is 19.3. The standard InChI is InChI=1S/C20H29ClN2O3/c1-5-23(10-8-6-7-9-11-23)15(3)19(24)22-18-14(2)12-16(21)13-17(18)20(25)26-4/h12-13,15H,5-11H2,1-4H3/p+1. The van der Waals surface area contributed by atoms with Gasteiger partial charge in [-0.05, 0) is 64.2 Å². The second kappa shape index (κ2) is 8.87. The van der Waals surface area contributed by atoms with Crippen LogP contribution in [0.1, 0.15) is 55.5 Å². The number of anilines is 1. The Hall–Kier alpha value is -1.59. The van der Waals surface area contributed by atoms with E-state index in [1.807, 2.05) is 13.8 Å². The van der Waals surface area contributed by atoms with Crippen LogP contribution in [-0.4, -0.2) is 49.1 Å². The first-order chi connectivity index (χ1) is 12.3. The normalized spacial score (nSPS) is 17.9. The van der Waals surface area contributed by atoms with Crippen molar-refractivity contribution >= 4 is 29.2 Å². The highest BCUT2D eigenvalue weighted by Gasteiger charge is 2.38. The van der Waals surface area contributed by atoms with E-state index >= 15 is 0 Å². The summed E-state index contributed by atoms with van der Waals surface area (Å²) < 4.78 is 5.65. The van der Waals surface area contributed by atoms with Gasteiger partial charge in [-0.1, -0.05) is 11.6 Å². The number of amides is 1. The van der Waals surface area contributed by atoms with Gasteiger partial charge in [-0.25, -0.2) is 4.79 Å². The van der Waals surface area contributed by atoms with Crippen LogP contribution in [0.2, 0.25) is 5.02 Å². The highest BCUT2D eigenvalue weighted by molar-refractivity contribution is 6.31. The molecule has 0 bridgehead atoms. The molecule has 0 aromatic heterocycles. The average molecular weight is 382 g/mol. The summed E-state index contributed by atoms with van der Waals surface area (Å²) in [5.74, 6) is -0.572. The molecule has 1 fully saturated rings. The molecule has 0 radical (unpaired) electrons. The van der Waals surface area contributed by atoms with E-state index in [2.05, 4.69) is 12.2 Å². The van der Waals surface area contributed by atoms with Gasteiger partial charge in [0.2, 0.25) is 0 Å². The Kier molecular flexibility index (Phi) is 7.07. The van der Waals surface area contributed by atoms with Crippen molar-refractivity contribution in [3.8, 4) is 0 Å². The number of nitrogens with zero attached hydrogens (tertiary/aromatic N) is 1. The summed E-state index contributed by atoms with van der Waals surface area (Å²) in [5, 5.41) is 3.43. The minimum absolute atomic E-state index is 0.0654. The van der Waals surface area contributed by atoms with Gasteiger partial charge >= 0.3 is 5.97 Å². The Morgan fingerprint density at radius 3 is 2.38 bits per heavy atom. The van der Waals surface area contributed by atoms with Crippen molar-refractivity contribution in [2.45, 2.75) is 52.5 Å². The number of hydrogen-bond donors (Lipinski definition) is 1. The predicted molar refractivity (Wildman–Crippen MR) is 105 cm³/mol.